The highest BCUT2D eigenvalue weighted by atomic mass is 15.3. The van der Waals surface area contributed by atoms with Gasteiger partial charge in [0.05, 0.1) is 11.4 Å². The highest BCUT2D eigenvalue weighted by molar-refractivity contribution is 5.13. The van der Waals surface area contributed by atoms with Gasteiger partial charge in [-0.3, -0.25) is 0 Å². The molecule has 0 aliphatic heterocycles. The number of aromatic amines is 1. The Balaban J connectivity index is 1.83. The molecule has 2 unspecified atom stereocenters. The predicted molar refractivity (Wildman–Crippen MR) is 49.2 cm³/mol. The summed E-state index contributed by atoms with van der Waals surface area (Å²) in [5, 5.41) is 11.1. The van der Waals surface area contributed by atoms with Crippen molar-refractivity contribution < 1.29 is 0 Å². The summed E-state index contributed by atoms with van der Waals surface area (Å²) in [6.07, 6.45) is 4.92. The summed E-state index contributed by atoms with van der Waals surface area (Å²) in [7, 11) is 0. The van der Waals surface area contributed by atoms with Crippen LogP contribution in [0.25, 0.3) is 0 Å². The molecule has 1 fully saturated rings. The number of nitrogens with one attached hydrogen (secondary N) is 1. The Morgan fingerprint density at radius 1 is 1.08 bits per heavy atom. The maximum Gasteiger partial charge on any atom is 0.0856 e. The fourth-order valence-electron chi connectivity index (χ4n) is 2.87. The Labute approximate surface area is 77.9 Å². The summed E-state index contributed by atoms with van der Waals surface area (Å²) in [4.78, 5) is 0. The van der Waals surface area contributed by atoms with Gasteiger partial charge in [-0.25, -0.2) is 0 Å². The molecule has 3 heteroatoms. The Morgan fingerprint density at radius 2 is 1.62 bits per heavy atom. The zero-order chi connectivity index (χ0) is 8.84. The molecule has 3 rings (SSSR count). The van der Waals surface area contributed by atoms with E-state index in [2.05, 4.69) is 22.3 Å². The van der Waals surface area contributed by atoms with E-state index in [1.54, 1.807) is 0 Å². The van der Waals surface area contributed by atoms with Crippen molar-refractivity contribution in [1.82, 2.24) is 15.4 Å². The maximum atomic E-state index is 4.20. The largest absolute Gasteiger partial charge is 0.197 e. The first kappa shape index (κ1) is 7.54. The summed E-state index contributed by atoms with van der Waals surface area (Å²) in [5.74, 6) is 2.95. The van der Waals surface area contributed by atoms with Gasteiger partial charge in [0, 0.05) is 0 Å². The van der Waals surface area contributed by atoms with Gasteiger partial charge in [-0.1, -0.05) is 6.92 Å². The number of hydrogen-bond acceptors (Lipinski definition) is 2. The number of H-pyrrole nitrogens is 1. The molecule has 1 aromatic rings. The third-order valence-corrected chi connectivity index (χ3v) is 3.89. The van der Waals surface area contributed by atoms with Crippen LogP contribution in [0.15, 0.2) is 0 Å². The smallest absolute Gasteiger partial charge is 0.0856 e. The molecule has 0 radical (unpaired) electrons. The van der Waals surface area contributed by atoms with Crippen molar-refractivity contribution >= 4 is 0 Å². The van der Waals surface area contributed by atoms with Gasteiger partial charge in [-0.05, 0) is 43.4 Å². The molecule has 2 aliphatic carbocycles. The minimum atomic E-state index is 0.966. The number of fused-ring (bicyclic) bond motifs is 2. The molecule has 2 aliphatic rings. The second-order valence-corrected chi connectivity index (χ2v) is 4.48. The Bertz CT molecular complexity index is 289. The number of rotatable bonds is 0. The van der Waals surface area contributed by atoms with E-state index >= 15 is 0 Å². The van der Waals surface area contributed by atoms with Crippen LogP contribution in [0.1, 0.15) is 31.2 Å². The molecule has 1 heterocycles. The van der Waals surface area contributed by atoms with Crippen molar-refractivity contribution in [3.05, 3.63) is 11.4 Å². The van der Waals surface area contributed by atoms with Gasteiger partial charge in [-0.15, -0.1) is 0 Å². The van der Waals surface area contributed by atoms with E-state index in [1.807, 2.05) is 0 Å². The van der Waals surface area contributed by atoms with Gasteiger partial charge < -0.3 is 0 Å². The summed E-state index contributed by atoms with van der Waals surface area (Å²) in [5.41, 5.74) is 2.44. The highest BCUT2D eigenvalue weighted by Gasteiger charge is 2.46. The first-order chi connectivity index (χ1) is 6.36. The van der Waals surface area contributed by atoms with Crippen LogP contribution in [0.3, 0.4) is 0 Å². The SMILES string of the molecule is CC1C2CCc3n[nH]nc3CCC12. The number of hydrogen-bond donors (Lipinski definition) is 1. The van der Waals surface area contributed by atoms with E-state index in [0.29, 0.717) is 0 Å². The van der Waals surface area contributed by atoms with Crippen molar-refractivity contribution in [3.63, 3.8) is 0 Å². The lowest BCUT2D eigenvalue weighted by atomic mass is 10.0. The fourth-order valence-corrected chi connectivity index (χ4v) is 2.87. The lowest BCUT2D eigenvalue weighted by Gasteiger charge is -2.04. The van der Waals surface area contributed by atoms with Crippen LogP contribution < -0.4 is 0 Å². The standard InChI is InChI=1S/C10H15N3/c1-6-7-2-4-9-10(12-13-11-9)5-3-8(6)7/h6-8H,2-5H2,1H3,(H,11,12,13). The van der Waals surface area contributed by atoms with Crippen LogP contribution in [0.5, 0.6) is 0 Å². The van der Waals surface area contributed by atoms with E-state index in [1.165, 1.54) is 24.2 Å². The van der Waals surface area contributed by atoms with Crippen molar-refractivity contribution in [3.8, 4) is 0 Å². The summed E-state index contributed by atoms with van der Waals surface area (Å²) < 4.78 is 0. The first-order valence-corrected chi connectivity index (χ1v) is 5.25. The molecule has 2 atom stereocenters. The molecule has 0 amide bonds. The molecular weight excluding hydrogens is 162 g/mol. The second-order valence-electron chi connectivity index (χ2n) is 4.48. The van der Waals surface area contributed by atoms with Crippen molar-refractivity contribution in [1.29, 1.82) is 0 Å². The van der Waals surface area contributed by atoms with E-state index in [4.69, 9.17) is 0 Å². The minimum Gasteiger partial charge on any atom is -0.197 e. The van der Waals surface area contributed by atoms with Crippen molar-refractivity contribution in [2.75, 3.05) is 0 Å². The normalized spacial score (nSPS) is 37.2. The van der Waals surface area contributed by atoms with Gasteiger partial charge in [-0.2, -0.15) is 15.4 Å². The second kappa shape index (κ2) is 2.56. The van der Waals surface area contributed by atoms with Crippen LogP contribution >= 0.6 is 0 Å². The molecule has 1 saturated carbocycles. The van der Waals surface area contributed by atoms with Crippen LogP contribution in [-0.2, 0) is 12.8 Å². The Hall–Kier alpha value is -0.860. The van der Waals surface area contributed by atoms with Gasteiger partial charge in [0.1, 0.15) is 0 Å². The summed E-state index contributed by atoms with van der Waals surface area (Å²) in [6.45, 7) is 2.39. The van der Waals surface area contributed by atoms with Gasteiger partial charge in [0.2, 0.25) is 0 Å². The first-order valence-electron chi connectivity index (χ1n) is 5.25. The minimum absolute atomic E-state index is 0.966. The molecule has 13 heavy (non-hydrogen) atoms. The van der Waals surface area contributed by atoms with Gasteiger partial charge >= 0.3 is 0 Å². The van der Waals surface area contributed by atoms with Crippen LogP contribution in [0.2, 0.25) is 0 Å². The van der Waals surface area contributed by atoms with Crippen LogP contribution in [-0.4, -0.2) is 15.4 Å². The zero-order valence-electron chi connectivity index (χ0n) is 7.95. The lowest BCUT2D eigenvalue weighted by Crippen LogP contribution is -2.00. The lowest BCUT2D eigenvalue weighted by molar-refractivity contribution is 0.579. The maximum absolute atomic E-state index is 4.20. The molecule has 0 spiro atoms. The molecule has 0 bridgehead atoms. The quantitative estimate of drug-likeness (QED) is 0.653. The highest BCUT2D eigenvalue weighted by Crippen LogP contribution is 2.52. The molecular formula is C10H15N3. The topological polar surface area (TPSA) is 41.6 Å². The third-order valence-electron chi connectivity index (χ3n) is 3.89. The summed E-state index contributed by atoms with van der Waals surface area (Å²) >= 11 is 0. The third kappa shape index (κ3) is 1.10. The molecule has 3 nitrogen and oxygen atoms in total. The Morgan fingerprint density at radius 3 is 2.15 bits per heavy atom. The average molecular weight is 177 g/mol. The van der Waals surface area contributed by atoms with Gasteiger partial charge in [0.15, 0.2) is 0 Å². The zero-order valence-corrected chi connectivity index (χ0v) is 7.95. The molecule has 0 aromatic carbocycles. The fraction of sp³-hybridized carbons (Fsp3) is 0.800. The van der Waals surface area contributed by atoms with Crippen LogP contribution in [0.4, 0.5) is 0 Å². The van der Waals surface area contributed by atoms with Crippen molar-refractivity contribution in [2.45, 2.75) is 32.6 Å². The van der Waals surface area contributed by atoms with E-state index < -0.39 is 0 Å². The molecule has 1 N–H and O–H groups in total. The summed E-state index contributed by atoms with van der Waals surface area (Å²) in [6, 6.07) is 0. The van der Waals surface area contributed by atoms with E-state index in [-0.39, 0.29) is 0 Å². The van der Waals surface area contributed by atoms with Gasteiger partial charge in [0.25, 0.3) is 0 Å². The average Bonchev–Trinajstić information content (AvgIpc) is 2.55. The van der Waals surface area contributed by atoms with Crippen LogP contribution in [0, 0.1) is 17.8 Å². The Kier molecular flexibility index (Phi) is 1.49. The molecule has 0 saturated heterocycles. The van der Waals surface area contributed by atoms with E-state index in [9.17, 15) is 0 Å². The van der Waals surface area contributed by atoms with Crippen molar-refractivity contribution in [2.24, 2.45) is 17.8 Å². The monoisotopic (exact) mass is 177 g/mol. The number of aromatic nitrogens is 3. The van der Waals surface area contributed by atoms with E-state index in [0.717, 1.165) is 30.6 Å². The number of aryl methyl sites for hydroxylation is 2. The number of nitrogens with zero attached hydrogens (tertiary/aromatic N) is 2. The molecule has 1 aromatic heterocycles. The molecule has 70 valence electrons. The predicted octanol–water partition coefficient (Wildman–Crippen LogP) is 1.57.